The largest absolute Gasteiger partial charge is 0.490 e. The zero-order chi connectivity index (χ0) is 17.2. The molecule has 1 heterocycles. The van der Waals surface area contributed by atoms with Crippen molar-refractivity contribution in [2.45, 2.75) is 26.1 Å². The topological polar surface area (TPSA) is 86.6 Å². The summed E-state index contributed by atoms with van der Waals surface area (Å²) in [5, 5.41) is 18.0. The van der Waals surface area contributed by atoms with E-state index in [1.54, 1.807) is 6.92 Å². The average Bonchev–Trinajstić information content (AvgIpc) is 2.47. The molecule has 1 aromatic rings. The van der Waals surface area contributed by atoms with Crippen LogP contribution < -0.4 is 5.32 Å². The number of aliphatic carboxylic acids is 2. The summed E-state index contributed by atoms with van der Waals surface area (Å²) in [4.78, 5) is 18.3. The fourth-order valence-electron chi connectivity index (χ4n) is 1.18. The number of benzene rings is 1. The molecule has 0 aromatic heterocycles. The van der Waals surface area contributed by atoms with E-state index in [2.05, 4.69) is 35.7 Å². The van der Waals surface area contributed by atoms with Crippen molar-refractivity contribution in [2.75, 3.05) is 0 Å². The van der Waals surface area contributed by atoms with Crippen LogP contribution in [0, 0.1) is 0 Å². The molecule has 0 spiro atoms. The van der Waals surface area contributed by atoms with E-state index in [1.165, 1.54) is 11.1 Å². The van der Waals surface area contributed by atoms with Crippen LogP contribution in [0.4, 0.5) is 13.2 Å². The van der Waals surface area contributed by atoms with E-state index in [1.807, 2.05) is 6.20 Å². The molecule has 0 radical (unpaired) electrons. The standard InChI is InChI=1S/C9H9N.C3H6O2.C2HF3O2/c1-2-4-9-7-10-6-5-8(9)3-1;1-2-3(4)5;3-2(4,5)1(6)7/h1-6,10H,7H2;2H2,1H3,(H,4,5);(H,6,7). The molecule has 0 atom stereocenters. The van der Waals surface area contributed by atoms with Crippen LogP contribution in [0.5, 0.6) is 0 Å². The van der Waals surface area contributed by atoms with Gasteiger partial charge in [0, 0.05) is 13.0 Å². The van der Waals surface area contributed by atoms with Crippen molar-refractivity contribution in [3.05, 3.63) is 41.6 Å². The number of carboxylic acid groups (broad SMARTS) is 2. The fourth-order valence-corrected chi connectivity index (χ4v) is 1.18. The molecule has 2 rings (SSSR count). The first-order chi connectivity index (χ1) is 10.2. The van der Waals surface area contributed by atoms with E-state index in [0.717, 1.165) is 6.54 Å². The molecule has 5 nitrogen and oxygen atoms in total. The maximum atomic E-state index is 10.6. The lowest BCUT2D eigenvalue weighted by atomic mass is 10.1. The smallest absolute Gasteiger partial charge is 0.481 e. The summed E-state index contributed by atoms with van der Waals surface area (Å²) in [5.41, 5.74) is 2.71. The molecule has 8 heteroatoms. The van der Waals surface area contributed by atoms with Crippen LogP contribution in [0.1, 0.15) is 24.5 Å². The van der Waals surface area contributed by atoms with Gasteiger partial charge < -0.3 is 15.5 Å². The third kappa shape index (κ3) is 8.62. The number of fused-ring (bicyclic) bond motifs is 1. The Labute approximate surface area is 125 Å². The lowest BCUT2D eigenvalue weighted by Crippen LogP contribution is -2.21. The maximum Gasteiger partial charge on any atom is 0.490 e. The van der Waals surface area contributed by atoms with Gasteiger partial charge in [-0.1, -0.05) is 31.2 Å². The van der Waals surface area contributed by atoms with Crippen LogP contribution in [0.15, 0.2) is 30.5 Å². The van der Waals surface area contributed by atoms with Crippen LogP contribution in [-0.2, 0) is 16.1 Å². The molecule has 122 valence electrons. The Morgan fingerprint density at radius 2 is 1.73 bits per heavy atom. The van der Waals surface area contributed by atoms with Crippen molar-refractivity contribution in [3.63, 3.8) is 0 Å². The highest BCUT2D eigenvalue weighted by Crippen LogP contribution is 2.13. The van der Waals surface area contributed by atoms with Gasteiger partial charge in [0.2, 0.25) is 0 Å². The number of halogens is 3. The second-order valence-corrected chi connectivity index (χ2v) is 3.96. The molecule has 1 aliphatic rings. The first-order valence-corrected chi connectivity index (χ1v) is 6.18. The molecule has 0 saturated carbocycles. The van der Waals surface area contributed by atoms with Gasteiger partial charge in [-0.15, -0.1) is 0 Å². The Morgan fingerprint density at radius 1 is 1.23 bits per heavy atom. The van der Waals surface area contributed by atoms with Crippen LogP contribution in [0.3, 0.4) is 0 Å². The normalized spacial score (nSPS) is 11.6. The molecular formula is C14H16F3NO4. The van der Waals surface area contributed by atoms with Crippen molar-refractivity contribution in [1.82, 2.24) is 5.32 Å². The first-order valence-electron chi connectivity index (χ1n) is 6.18. The molecule has 0 unspecified atom stereocenters. The lowest BCUT2D eigenvalue weighted by molar-refractivity contribution is -0.192. The Morgan fingerprint density at radius 3 is 2.14 bits per heavy atom. The van der Waals surface area contributed by atoms with E-state index >= 15 is 0 Å². The Hall–Kier alpha value is -2.51. The van der Waals surface area contributed by atoms with Crippen LogP contribution in [0.25, 0.3) is 6.08 Å². The Kier molecular flexibility index (Phi) is 8.35. The molecule has 22 heavy (non-hydrogen) atoms. The second kappa shape index (κ2) is 9.43. The highest BCUT2D eigenvalue weighted by Gasteiger charge is 2.38. The van der Waals surface area contributed by atoms with Crippen molar-refractivity contribution in [2.24, 2.45) is 0 Å². The molecule has 0 saturated heterocycles. The lowest BCUT2D eigenvalue weighted by Gasteiger charge is -2.10. The molecule has 0 bridgehead atoms. The number of nitrogens with one attached hydrogen (secondary N) is 1. The SMILES string of the molecule is C1=Cc2ccccc2CN1.CCC(=O)O.O=C(O)C(F)(F)F. The highest BCUT2D eigenvalue weighted by molar-refractivity contribution is 5.73. The molecule has 0 amide bonds. The van der Waals surface area contributed by atoms with Gasteiger partial charge in [0.25, 0.3) is 0 Å². The summed E-state index contributed by atoms with van der Waals surface area (Å²) < 4.78 is 31.7. The van der Waals surface area contributed by atoms with Gasteiger partial charge in [0.15, 0.2) is 0 Å². The zero-order valence-corrected chi connectivity index (χ0v) is 11.7. The van der Waals surface area contributed by atoms with E-state index in [9.17, 15) is 18.0 Å². The number of rotatable bonds is 1. The van der Waals surface area contributed by atoms with E-state index in [0.29, 0.717) is 0 Å². The van der Waals surface area contributed by atoms with E-state index in [4.69, 9.17) is 15.0 Å². The van der Waals surface area contributed by atoms with Crippen molar-refractivity contribution >= 4 is 18.0 Å². The zero-order valence-electron chi connectivity index (χ0n) is 11.7. The van der Waals surface area contributed by atoms with Gasteiger partial charge in [-0.05, 0) is 23.4 Å². The maximum absolute atomic E-state index is 10.6. The van der Waals surface area contributed by atoms with Gasteiger partial charge >= 0.3 is 18.1 Å². The summed E-state index contributed by atoms with van der Waals surface area (Å²) in [5.74, 6) is -3.50. The molecule has 1 aliphatic heterocycles. The number of carboxylic acids is 2. The van der Waals surface area contributed by atoms with Gasteiger partial charge in [-0.2, -0.15) is 13.2 Å². The van der Waals surface area contributed by atoms with Crippen molar-refractivity contribution in [3.8, 4) is 0 Å². The summed E-state index contributed by atoms with van der Waals surface area (Å²) >= 11 is 0. The predicted octanol–water partition coefficient (Wildman–Crippen LogP) is 2.87. The highest BCUT2D eigenvalue weighted by atomic mass is 19.4. The number of hydrogen-bond acceptors (Lipinski definition) is 3. The van der Waals surface area contributed by atoms with E-state index < -0.39 is 18.1 Å². The number of alkyl halides is 3. The first kappa shape index (κ1) is 19.5. The second-order valence-electron chi connectivity index (χ2n) is 3.96. The third-order valence-corrected chi connectivity index (χ3v) is 2.27. The fraction of sp³-hybridized carbons (Fsp3) is 0.286. The number of carbonyl (C=O) groups is 2. The van der Waals surface area contributed by atoms with Gasteiger partial charge in [0.05, 0.1) is 0 Å². The van der Waals surface area contributed by atoms with Crippen molar-refractivity contribution in [1.29, 1.82) is 0 Å². The Balaban J connectivity index is 0.000000326. The monoisotopic (exact) mass is 319 g/mol. The molecule has 1 aromatic carbocycles. The van der Waals surface area contributed by atoms with Crippen LogP contribution >= 0.6 is 0 Å². The average molecular weight is 319 g/mol. The van der Waals surface area contributed by atoms with Gasteiger partial charge in [-0.3, -0.25) is 4.79 Å². The summed E-state index contributed by atoms with van der Waals surface area (Å²) in [6, 6.07) is 8.41. The van der Waals surface area contributed by atoms with Crippen LogP contribution in [-0.4, -0.2) is 28.3 Å². The molecule has 0 aliphatic carbocycles. The van der Waals surface area contributed by atoms with Gasteiger partial charge in [-0.25, -0.2) is 4.79 Å². The third-order valence-electron chi connectivity index (χ3n) is 2.27. The molecule has 3 N–H and O–H groups in total. The molecular weight excluding hydrogens is 303 g/mol. The summed E-state index contributed by atoms with van der Waals surface area (Å²) in [7, 11) is 0. The minimum atomic E-state index is -5.08. The number of hydrogen-bond donors (Lipinski definition) is 3. The van der Waals surface area contributed by atoms with E-state index in [-0.39, 0.29) is 6.42 Å². The predicted molar refractivity (Wildman–Crippen MR) is 73.9 cm³/mol. The van der Waals surface area contributed by atoms with Crippen molar-refractivity contribution < 1.29 is 33.0 Å². The summed E-state index contributed by atoms with van der Waals surface area (Å²) in [6.07, 6.45) is -0.777. The van der Waals surface area contributed by atoms with Crippen LogP contribution in [0.2, 0.25) is 0 Å². The quantitative estimate of drug-likeness (QED) is 0.741. The Bertz CT molecular complexity index is 527. The summed E-state index contributed by atoms with van der Waals surface area (Å²) in [6.45, 7) is 2.56. The minimum absolute atomic E-state index is 0.222. The van der Waals surface area contributed by atoms with Gasteiger partial charge in [0.1, 0.15) is 0 Å². The molecule has 0 fully saturated rings. The minimum Gasteiger partial charge on any atom is -0.481 e.